The first-order valence-electron chi connectivity index (χ1n) is 6.37. The summed E-state index contributed by atoms with van der Waals surface area (Å²) >= 11 is 0. The molecular weight excluding hydrogens is 279 g/mol. The van der Waals surface area contributed by atoms with Crippen molar-refractivity contribution in [3.8, 4) is 6.07 Å². The van der Waals surface area contributed by atoms with Gasteiger partial charge in [0.2, 0.25) is 0 Å². The summed E-state index contributed by atoms with van der Waals surface area (Å²) in [4.78, 5) is -0.156. The molecule has 6 heteroatoms. The summed E-state index contributed by atoms with van der Waals surface area (Å²) in [6, 6.07) is 5.50. The van der Waals surface area contributed by atoms with Gasteiger partial charge in [-0.05, 0) is 44.9 Å². The largest absolute Gasteiger partial charge is 0.398 e. The van der Waals surface area contributed by atoms with Crippen molar-refractivity contribution in [2.75, 3.05) is 11.5 Å². The molecule has 1 rings (SSSR count). The first-order valence-corrected chi connectivity index (χ1v) is 8.02. The number of halogens is 1. The van der Waals surface area contributed by atoms with Gasteiger partial charge in [0.15, 0.2) is 9.84 Å². The zero-order valence-electron chi connectivity index (χ0n) is 11.7. The van der Waals surface area contributed by atoms with Crippen molar-refractivity contribution < 1.29 is 12.8 Å². The second-order valence-electron chi connectivity index (χ2n) is 5.45. The van der Waals surface area contributed by atoms with E-state index < -0.39 is 21.1 Å². The molecule has 0 atom stereocenters. The fourth-order valence-corrected chi connectivity index (χ4v) is 3.33. The number of hydrogen-bond donors (Lipinski definition) is 1. The molecule has 1 aromatic rings. The van der Waals surface area contributed by atoms with Crippen LogP contribution in [0.1, 0.15) is 33.1 Å². The lowest BCUT2D eigenvalue weighted by Crippen LogP contribution is -2.12. The van der Waals surface area contributed by atoms with E-state index in [-0.39, 0.29) is 16.3 Å². The second kappa shape index (κ2) is 6.23. The Labute approximate surface area is 119 Å². The van der Waals surface area contributed by atoms with E-state index in [4.69, 9.17) is 11.0 Å². The summed E-state index contributed by atoms with van der Waals surface area (Å²) in [5, 5.41) is 8.87. The van der Waals surface area contributed by atoms with Crippen molar-refractivity contribution in [2.45, 2.75) is 38.0 Å². The number of rotatable bonds is 6. The summed E-state index contributed by atoms with van der Waals surface area (Å²) in [6.45, 7) is 3.62. The predicted octanol–water partition coefficient (Wildman–Crippen LogP) is 2.90. The van der Waals surface area contributed by atoms with Crippen LogP contribution in [0.4, 0.5) is 10.1 Å². The Kier molecular flexibility index (Phi) is 5.12. The van der Waals surface area contributed by atoms with Crippen molar-refractivity contribution in [3.63, 3.8) is 0 Å². The molecule has 0 aliphatic heterocycles. The van der Waals surface area contributed by atoms with Gasteiger partial charge in [0, 0.05) is 0 Å². The van der Waals surface area contributed by atoms with Gasteiger partial charge in [0.25, 0.3) is 0 Å². The van der Waals surface area contributed by atoms with Crippen LogP contribution in [0.15, 0.2) is 23.1 Å². The van der Waals surface area contributed by atoms with Crippen LogP contribution < -0.4 is 5.73 Å². The standard InChI is InChI=1S/C14H19FN2O2S/c1-14(2,10-16)7-3-4-8-20(18,19)13-9-11(15)5-6-12(13)17/h5-6,9H,3-4,7-8,17H2,1-2H3. The molecule has 20 heavy (non-hydrogen) atoms. The average molecular weight is 298 g/mol. The first-order chi connectivity index (χ1) is 9.18. The third-order valence-electron chi connectivity index (χ3n) is 3.08. The SMILES string of the molecule is CC(C)(C#N)CCCCS(=O)(=O)c1cc(F)ccc1N. The number of benzene rings is 1. The Balaban J connectivity index is 2.68. The Morgan fingerprint density at radius 3 is 2.60 bits per heavy atom. The van der Waals surface area contributed by atoms with Crippen molar-refractivity contribution in [1.29, 1.82) is 5.26 Å². The summed E-state index contributed by atoms with van der Waals surface area (Å²) in [7, 11) is -3.59. The van der Waals surface area contributed by atoms with Crippen molar-refractivity contribution >= 4 is 15.5 Å². The molecule has 0 fully saturated rings. The molecule has 1 aromatic carbocycles. The minimum Gasteiger partial charge on any atom is -0.398 e. The smallest absolute Gasteiger partial charge is 0.180 e. The number of unbranched alkanes of at least 4 members (excludes halogenated alkanes) is 1. The number of nitriles is 1. The number of anilines is 1. The molecule has 0 heterocycles. The lowest BCUT2D eigenvalue weighted by Gasteiger charge is -2.14. The van der Waals surface area contributed by atoms with Crippen LogP contribution in [0.25, 0.3) is 0 Å². The Morgan fingerprint density at radius 2 is 2.00 bits per heavy atom. The van der Waals surface area contributed by atoms with E-state index in [9.17, 15) is 12.8 Å². The van der Waals surface area contributed by atoms with Crippen molar-refractivity contribution in [1.82, 2.24) is 0 Å². The van der Waals surface area contributed by atoms with Crippen LogP contribution in [0, 0.1) is 22.6 Å². The van der Waals surface area contributed by atoms with E-state index in [1.54, 1.807) is 0 Å². The maximum absolute atomic E-state index is 13.1. The van der Waals surface area contributed by atoms with E-state index in [0.717, 1.165) is 12.1 Å². The van der Waals surface area contributed by atoms with Crippen LogP contribution >= 0.6 is 0 Å². The molecule has 0 aromatic heterocycles. The third kappa shape index (κ3) is 4.49. The molecule has 110 valence electrons. The molecule has 0 saturated carbocycles. The molecule has 0 unspecified atom stereocenters. The fourth-order valence-electron chi connectivity index (χ4n) is 1.80. The average Bonchev–Trinajstić information content (AvgIpc) is 2.37. The quantitative estimate of drug-likeness (QED) is 0.646. The molecule has 0 aliphatic rings. The summed E-state index contributed by atoms with van der Waals surface area (Å²) in [5.74, 6) is -0.717. The van der Waals surface area contributed by atoms with Crippen LogP contribution in [0.5, 0.6) is 0 Å². The number of nitrogens with zero attached hydrogens (tertiary/aromatic N) is 1. The van der Waals surface area contributed by atoms with Gasteiger partial charge in [0.05, 0.1) is 27.8 Å². The second-order valence-corrected chi connectivity index (χ2v) is 7.53. The Morgan fingerprint density at radius 1 is 1.35 bits per heavy atom. The zero-order chi connectivity index (χ0) is 15.4. The van der Waals surface area contributed by atoms with E-state index in [1.165, 1.54) is 6.07 Å². The third-order valence-corrected chi connectivity index (χ3v) is 4.93. The molecule has 0 aliphatic carbocycles. The zero-order valence-corrected chi connectivity index (χ0v) is 12.5. The highest BCUT2D eigenvalue weighted by Gasteiger charge is 2.20. The number of nitrogen functional groups attached to an aromatic ring is 1. The predicted molar refractivity (Wildman–Crippen MR) is 76.1 cm³/mol. The van der Waals surface area contributed by atoms with Gasteiger partial charge in [-0.25, -0.2) is 12.8 Å². The van der Waals surface area contributed by atoms with Gasteiger partial charge in [-0.1, -0.05) is 6.42 Å². The van der Waals surface area contributed by atoms with Crippen LogP contribution in [-0.4, -0.2) is 14.2 Å². The van der Waals surface area contributed by atoms with E-state index in [1.807, 2.05) is 13.8 Å². The van der Waals surface area contributed by atoms with Crippen LogP contribution in [0.2, 0.25) is 0 Å². The Hall–Kier alpha value is -1.61. The van der Waals surface area contributed by atoms with Gasteiger partial charge in [0.1, 0.15) is 5.82 Å². The van der Waals surface area contributed by atoms with Crippen LogP contribution in [0.3, 0.4) is 0 Å². The van der Waals surface area contributed by atoms with Crippen molar-refractivity contribution in [3.05, 3.63) is 24.0 Å². The van der Waals surface area contributed by atoms with Gasteiger partial charge >= 0.3 is 0 Å². The maximum Gasteiger partial charge on any atom is 0.180 e. The van der Waals surface area contributed by atoms with Crippen LogP contribution in [-0.2, 0) is 9.84 Å². The molecule has 0 amide bonds. The maximum atomic E-state index is 13.1. The minimum absolute atomic E-state index is 0.0590. The van der Waals surface area contributed by atoms with E-state index in [2.05, 4.69) is 6.07 Å². The van der Waals surface area contributed by atoms with E-state index in [0.29, 0.717) is 19.3 Å². The molecule has 2 N–H and O–H groups in total. The lowest BCUT2D eigenvalue weighted by atomic mass is 9.89. The fraction of sp³-hybridized carbons (Fsp3) is 0.500. The number of nitrogens with two attached hydrogens (primary N) is 1. The summed E-state index contributed by atoms with van der Waals surface area (Å²) < 4.78 is 37.3. The first kappa shape index (κ1) is 16.4. The van der Waals surface area contributed by atoms with Gasteiger partial charge in [-0.3, -0.25) is 0 Å². The van der Waals surface area contributed by atoms with Gasteiger partial charge < -0.3 is 5.73 Å². The van der Waals surface area contributed by atoms with Gasteiger partial charge in [-0.15, -0.1) is 0 Å². The molecule has 0 spiro atoms. The van der Waals surface area contributed by atoms with Gasteiger partial charge in [-0.2, -0.15) is 5.26 Å². The highest BCUT2D eigenvalue weighted by Crippen LogP contribution is 2.24. The summed E-state index contributed by atoms with van der Waals surface area (Å²) in [6.07, 6.45) is 1.66. The molecule has 0 radical (unpaired) electrons. The number of hydrogen-bond acceptors (Lipinski definition) is 4. The molecule has 4 nitrogen and oxygen atoms in total. The number of sulfone groups is 1. The highest BCUT2D eigenvalue weighted by molar-refractivity contribution is 7.91. The normalized spacial score (nSPS) is 12.1. The molecule has 0 saturated heterocycles. The highest BCUT2D eigenvalue weighted by atomic mass is 32.2. The topological polar surface area (TPSA) is 84.0 Å². The lowest BCUT2D eigenvalue weighted by molar-refractivity contribution is 0.431. The Bertz CT molecular complexity index is 619. The molecular formula is C14H19FN2O2S. The molecule has 0 bridgehead atoms. The minimum atomic E-state index is -3.59. The monoisotopic (exact) mass is 298 g/mol. The van der Waals surface area contributed by atoms with E-state index >= 15 is 0 Å². The van der Waals surface area contributed by atoms with Crippen molar-refractivity contribution in [2.24, 2.45) is 5.41 Å². The summed E-state index contributed by atoms with van der Waals surface area (Å²) in [5.41, 5.74) is 5.18.